The minimum Gasteiger partial charge on any atom is -0.374 e. The fourth-order valence-electron chi connectivity index (χ4n) is 2.68. The van der Waals surface area contributed by atoms with Crippen molar-refractivity contribution >= 4 is 0 Å². The highest BCUT2D eigenvalue weighted by atomic mass is 16.5. The van der Waals surface area contributed by atoms with Gasteiger partial charge in [-0.05, 0) is 18.7 Å². The third kappa shape index (κ3) is 3.37. The number of morpholine rings is 1. The minimum absolute atomic E-state index is 0.0747. The van der Waals surface area contributed by atoms with Gasteiger partial charge in [0.05, 0.1) is 30.4 Å². The first-order chi connectivity index (χ1) is 9.63. The molecule has 1 fully saturated rings. The largest absolute Gasteiger partial charge is 0.374 e. The zero-order chi connectivity index (χ0) is 14.5. The Kier molecular flexibility index (Phi) is 5.13. The van der Waals surface area contributed by atoms with Crippen molar-refractivity contribution in [3.05, 3.63) is 35.4 Å². The maximum absolute atomic E-state index is 9.31. The van der Waals surface area contributed by atoms with E-state index in [4.69, 9.17) is 4.74 Å². The molecular weight excluding hydrogens is 250 g/mol. The second kappa shape index (κ2) is 6.85. The third-order valence-electron chi connectivity index (χ3n) is 3.73. The number of nitrogens with one attached hydrogen (secondary N) is 1. The van der Waals surface area contributed by atoms with Crippen LogP contribution in [0.2, 0.25) is 0 Å². The summed E-state index contributed by atoms with van der Waals surface area (Å²) in [6.07, 6.45) is 0.0747. The lowest BCUT2D eigenvalue weighted by Crippen LogP contribution is -2.48. The van der Waals surface area contributed by atoms with Gasteiger partial charge in [0.2, 0.25) is 0 Å². The Bertz CT molecular complexity index is 481. The number of hydrogen-bond acceptors (Lipinski definition) is 4. The zero-order valence-corrected chi connectivity index (χ0v) is 12.5. The zero-order valence-electron chi connectivity index (χ0n) is 12.5. The summed E-state index contributed by atoms with van der Waals surface area (Å²) in [7, 11) is 2.10. The van der Waals surface area contributed by atoms with Crippen LogP contribution in [0.1, 0.15) is 31.0 Å². The number of benzene rings is 1. The van der Waals surface area contributed by atoms with E-state index < -0.39 is 0 Å². The van der Waals surface area contributed by atoms with Crippen LogP contribution in [0.5, 0.6) is 0 Å². The van der Waals surface area contributed by atoms with Gasteiger partial charge < -0.3 is 10.1 Å². The van der Waals surface area contributed by atoms with Gasteiger partial charge in [-0.25, -0.2) is 0 Å². The maximum atomic E-state index is 9.31. The van der Waals surface area contributed by atoms with E-state index in [0.29, 0.717) is 6.04 Å². The highest BCUT2D eigenvalue weighted by molar-refractivity contribution is 5.40. The first-order valence-electron chi connectivity index (χ1n) is 7.17. The summed E-state index contributed by atoms with van der Waals surface area (Å²) >= 11 is 0. The van der Waals surface area contributed by atoms with Crippen LogP contribution in [0.4, 0.5) is 0 Å². The molecule has 0 aliphatic carbocycles. The molecule has 108 valence electrons. The molecule has 0 bridgehead atoms. The van der Waals surface area contributed by atoms with Crippen molar-refractivity contribution in [2.24, 2.45) is 0 Å². The van der Waals surface area contributed by atoms with E-state index in [1.54, 1.807) is 0 Å². The summed E-state index contributed by atoms with van der Waals surface area (Å²) in [6.45, 7) is 6.69. The Labute approximate surface area is 121 Å². The molecule has 1 aliphatic rings. The van der Waals surface area contributed by atoms with Crippen molar-refractivity contribution in [1.29, 1.82) is 5.26 Å². The third-order valence-corrected chi connectivity index (χ3v) is 3.73. The quantitative estimate of drug-likeness (QED) is 0.910. The predicted molar refractivity (Wildman–Crippen MR) is 79.4 cm³/mol. The molecule has 1 aromatic carbocycles. The van der Waals surface area contributed by atoms with E-state index in [1.807, 2.05) is 24.3 Å². The van der Waals surface area contributed by atoms with Gasteiger partial charge in [-0.1, -0.05) is 32.0 Å². The van der Waals surface area contributed by atoms with Gasteiger partial charge in [-0.2, -0.15) is 5.26 Å². The minimum atomic E-state index is 0.0747. The summed E-state index contributed by atoms with van der Waals surface area (Å²) in [5.74, 6) is 0. The van der Waals surface area contributed by atoms with Crippen LogP contribution in [-0.2, 0) is 4.74 Å². The van der Waals surface area contributed by atoms with Crippen LogP contribution >= 0.6 is 0 Å². The topological polar surface area (TPSA) is 48.3 Å². The van der Waals surface area contributed by atoms with E-state index in [-0.39, 0.29) is 12.1 Å². The monoisotopic (exact) mass is 273 g/mol. The Balaban J connectivity index is 2.25. The lowest BCUT2D eigenvalue weighted by Gasteiger charge is -2.40. The van der Waals surface area contributed by atoms with Gasteiger partial charge in [0, 0.05) is 19.1 Å². The first-order valence-corrected chi connectivity index (χ1v) is 7.17. The fraction of sp³-hybridized carbons (Fsp3) is 0.562. The number of rotatable bonds is 4. The molecule has 0 spiro atoms. The van der Waals surface area contributed by atoms with Gasteiger partial charge >= 0.3 is 0 Å². The Morgan fingerprint density at radius 1 is 1.45 bits per heavy atom. The second-order valence-electron chi connectivity index (χ2n) is 5.60. The number of likely N-dealkylation sites (N-methyl/N-ethyl adjacent to an activating group) is 1. The molecule has 2 atom stereocenters. The first kappa shape index (κ1) is 15.0. The van der Waals surface area contributed by atoms with Crippen molar-refractivity contribution in [2.75, 3.05) is 26.7 Å². The Morgan fingerprint density at radius 2 is 2.20 bits per heavy atom. The number of nitrogens with zero attached hydrogens (tertiary/aromatic N) is 2. The number of nitriles is 1. The highest BCUT2D eigenvalue weighted by Gasteiger charge is 2.32. The smallest absolute Gasteiger partial charge is 0.0995 e. The van der Waals surface area contributed by atoms with Crippen LogP contribution in [0, 0.1) is 11.3 Å². The summed E-state index contributed by atoms with van der Waals surface area (Å²) in [5, 5.41) is 12.8. The lowest BCUT2D eigenvalue weighted by molar-refractivity contribution is -0.0620. The van der Waals surface area contributed by atoms with Gasteiger partial charge in [-0.3, -0.25) is 4.90 Å². The van der Waals surface area contributed by atoms with E-state index in [0.717, 1.165) is 30.8 Å². The molecule has 1 aliphatic heterocycles. The molecule has 0 aromatic heterocycles. The summed E-state index contributed by atoms with van der Waals surface area (Å²) in [6, 6.07) is 10.7. The standard InChI is InChI=1S/C16H23N3O/c1-12(2)18-11-15-16(19(3)8-9-20-15)14-7-5-4-6-13(14)10-17/h4-7,12,15-16,18H,8-9,11H2,1-3H3. The van der Waals surface area contributed by atoms with Crippen LogP contribution in [0.15, 0.2) is 24.3 Å². The Hall–Kier alpha value is -1.41. The van der Waals surface area contributed by atoms with Gasteiger partial charge in [0.1, 0.15) is 0 Å². The molecule has 1 N–H and O–H groups in total. The maximum Gasteiger partial charge on any atom is 0.0995 e. The van der Waals surface area contributed by atoms with Crippen molar-refractivity contribution < 1.29 is 4.74 Å². The molecule has 1 aromatic rings. The second-order valence-corrected chi connectivity index (χ2v) is 5.60. The van der Waals surface area contributed by atoms with Gasteiger partial charge in [0.25, 0.3) is 0 Å². The summed E-state index contributed by atoms with van der Waals surface area (Å²) in [5.41, 5.74) is 1.80. The van der Waals surface area contributed by atoms with E-state index in [9.17, 15) is 5.26 Å². The van der Waals surface area contributed by atoms with Crippen molar-refractivity contribution in [1.82, 2.24) is 10.2 Å². The highest BCUT2D eigenvalue weighted by Crippen LogP contribution is 2.30. The average molecular weight is 273 g/mol. The van der Waals surface area contributed by atoms with Gasteiger partial charge in [0.15, 0.2) is 0 Å². The van der Waals surface area contributed by atoms with E-state index in [2.05, 4.69) is 37.2 Å². The van der Waals surface area contributed by atoms with Crippen LogP contribution < -0.4 is 5.32 Å². The number of hydrogen-bond donors (Lipinski definition) is 1. The number of ether oxygens (including phenoxy) is 1. The molecule has 0 saturated carbocycles. The van der Waals surface area contributed by atoms with E-state index >= 15 is 0 Å². The van der Waals surface area contributed by atoms with Crippen LogP contribution in [-0.4, -0.2) is 43.8 Å². The van der Waals surface area contributed by atoms with Crippen molar-refractivity contribution in [3.8, 4) is 6.07 Å². The molecule has 0 radical (unpaired) electrons. The summed E-state index contributed by atoms with van der Waals surface area (Å²) < 4.78 is 5.95. The predicted octanol–water partition coefficient (Wildman–Crippen LogP) is 1.93. The SMILES string of the molecule is CC(C)NCC1OCCN(C)C1c1ccccc1C#N. The molecule has 4 heteroatoms. The normalized spacial score (nSPS) is 23.8. The molecule has 2 rings (SSSR count). The van der Waals surface area contributed by atoms with Crippen LogP contribution in [0.25, 0.3) is 0 Å². The van der Waals surface area contributed by atoms with Crippen LogP contribution in [0.3, 0.4) is 0 Å². The molecule has 1 saturated heterocycles. The molecule has 2 unspecified atom stereocenters. The van der Waals surface area contributed by atoms with Gasteiger partial charge in [-0.15, -0.1) is 0 Å². The van der Waals surface area contributed by atoms with Crippen molar-refractivity contribution in [2.45, 2.75) is 32.0 Å². The van der Waals surface area contributed by atoms with Crippen molar-refractivity contribution in [3.63, 3.8) is 0 Å². The Morgan fingerprint density at radius 3 is 2.90 bits per heavy atom. The lowest BCUT2D eigenvalue weighted by atomic mass is 9.94. The molecule has 20 heavy (non-hydrogen) atoms. The molecule has 1 heterocycles. The molecular formula is C16H23N3O. The molecule has 0 amide bonds. The van der Waals surface area contributed by atoms with E-state index in [1.165, 1.54) is 0 Å². The fourth-order valence-corrected chi connectivity index (χ4v) is 2.68. The summed E-state index contributed by atoms with van der Waals surface area (Å²) in [4.78, 5) is 2.28. The average Bonchev–Trinajstić information content (AvgIpc) is 2.45. The molecule has 4 nitrogen and oxygen atoms in total.